The molecule has 1 aromatic rings. The van der Waals surface area contributed by atoms with Gasteiger partial charge in [0.15, 0.2) is 0 Å². The minimum Gasteiger partial charge on any atom is -0.393 e. The van der Waals surface area contributed by atoms with Crippen LogP contribution in [-0.2, 0) is 11.3 Å². The quantitative estimate of drug-likeness (QED) is 0.793. The van der Waals surface area contributed by atoms with Gasteiger partial charge < -0.3 is 19.8 Å². The number of ether oxygens (including phenoxy) is 1. The van der Waals surface area contributed by atoms with E-state index in [2.05, 4.69) is 4.90 Å². The van der Waals surface area contributed by atoms with Gasteiger partial charge in [-0.05, 0) is 37.3 Å². The summed E-state index contributed by atoms with van der Waals surface area (Å²) in [6.45, 7) is 5.25. The standard InChI is InChI=1S/C14H23NO3S/c1-11(16)12-4-5-15(7-12)8-13(17)9-18-10-14-3-2-6-19-14/h2-3,6,11-13,16-17H,4-5,7-10H2,1H3. The maximum atomic E-state index is 9.94. The normalized spacial score (nSPS) is 23.6. The predicted molar refractivity (Wildman–Crippen MR) is 76.2 cm³/mol. The highest BCUT2D eigenvalue weighted by atomic mass is 32.1. The molecule has 1 fully saturated rings. The summed E-state index contributed by atoms with van der Waals surface area (Å²) in [5.41, 5.74) is 0. The topological polar surface area (TPSA) is 52.9 Å². The van der Waals surface area contributed by atoms with Crippen LogP contribution in [-0.4, -0.2) is 53.6 Å². The summed E-state index contributed by atoms with van der Waals surface area (Å²) in [6.07, 6.45) is 0.311. The number of aliphatic hydroxyl groups excluding tert-OH is 2. The Bertz CT molecular complexity index is 356. The van der Waals surface area contributed by atoms with E-state index in [1.165, 1.54) is 4.88 Å². The van der Waals surface area contributed by atoms with E-state index in [1.54, 1.807) is 11.3 Å². The molecule has 1 saturated heterocycles. The van der Waals surface area contributed by atoms with Crippen molar-refractivity contribution in [1.29, 1.82) is 0 Å². The fourth-order valence-corrected chi connectivity index (χ4v) is 3.10. The number of hydrogen-bond acceptors (Lipinski definition) is 5. The summed E-state index contributed by atoms with van der Waals surface area (Å²) in [7, 11) is 0. The van der Waals surface area contributed by atoms with Crippen LogP contribution in [0.25, 0.3) is 0 Å². The number of aliphatic hydroxyl groups is 2. The van der Waals surface area contributed by atoms with E-state index in [4.69, 9.17) is 4.74 Å². The Morgan fingerprint density at radius 3 is 3.00 bits per heavy atom. The lowest BCUT2D eigenvalue weighted by molar-refractivity contribution is 0.0126. The Morgan fingerprint density at radius 2 is 2.37 bits per heavy atom. The van der Waals surface area contributed by atoms with Gasteiger partial charge in [-0.15, -0.1) is 11.3 Å². The molecule has 108 valence electrons. The van der Waals surface area contributed by atoms with Gasteiger partial charge in [0.1, 0.15) is 0 Å². The van der Waals surface area contributed by atoms with Gasteiger partial charge in [-0.2, -0.15) is 0 Å². The van der Waals surface area contributed by atoms with E-state index in [1.807, 2.05) is 24.4 Å². The van der Waals surface area contributed by atoms with E-state index in [-0.39, 0.29) is 6.10 Å². The van der Waals surface area contributed by atoms with Crippen molar-refractivity contribution in [2.75, 3.05) is 26.2 Å². The zero-order valence-corrected chi connectivity index (χ0v) is 12.2. The molecule has 2 N–H and O–H groups in total. The third-order valence-electron chi connectivity index (χ3n) is 3.59. The van der Waals surface area contributed by atoms with Gasteiger partial charge in [-0.3, -0.25) is 0 Å². The second-order valence-electron chi connectivity index (χ2n) is 5.30. The molecule has 0 bridgehead atoms. The van der Waals surface area contributed by atoms with Crippen molar-refractivity contribution in [1.82, 2.24) is 4.90 Å². The third kappa shape index (κ3) is 4.85. The SMILES string of the molecule is CC(O)C1CCN(CC(O)COCc2cccs2)C1. The van der Waals surface area contributed by atoms with Gasteiger partial charge in [0.25, 0.3) is 0 Å². The lowest BCUT2D eigenvalue weighted by Crippen LogP contribution is -2.34. The fourth-order valence-electron chi connectivity index (χ4n) is 2.46. The molecule has 19 heavy (non-hydrogen) atoms. The van der Waals surface area contributed by atoms with Gasteiger partial charge >= 0.3 is 0 Å². The summed E-state index contributed by atoms with van der Waals surface area (Å²) in [5.74, 6) is 0.347. The molecule has 0 aliphatic carbocycles. The molecular formula is C14H23NO3S. The van der Waals surface area contributed by atoms with Crippen LogP contribution in [0.1, 0.15) is 18.2 Å². The molecule has 1 aliphatic heterocycles. The van der Waals surface area contributed by atoms with Crippen molar-refractivity contribution >= 4 is 11.3 Å². The number of nitrogens with zero attached hydrogens (tertiary/aromatic N) is 1. The lowest BCUT2D eigenvalue weighted by atomic mass is 10.0. The average Bonchev–Trinajstić information content (AvgIpc) is 3.00. The molecule has 2 rings (SSSR count). The van der Waals surface area contributed by atoms with E-state index >= 15 is 0 Å². The van der Waals surface area contributed by atoms with Crippen molar-refractivity contribution in [2.45, 2.75) is 32.2 Å². The lowest BCUT2D eigenvalue weighted by Gasteiger charge is -2.20. The molecule has 5 heteroatoms. The molecule has 0 radical (unpaired) electrons. The zero-order valence-electron chi connectivity index (χ0n) is 11.4. The number of β-amino-alcohol motifs (C(OH)–C–C–N with tert-alkyl or cyclic N) is 1. The molecule has 0 spiro atoms. The number of hydrogen-bond donors (Lipinski definition) is 2. The summed E-state index contributed by atoms with van der Waals surface area (Å²) in [6, 6.07) is 4.03. The molecule has 3 atom stereocenters. The van der Waals surface area contributed by atoms with Crippen molar-refractivity contribution in [3.8, 4) is 0 Å². The van der Waals surface area contributed by atoms with Crippen molar-refractivity contribution in [3.05, 3.63) is 22.4 Å². The Hall–Kier alpha value is -0.460. The average molecular weight is 285 g/mol. The molecule has 1 aromatic heterocycles. The molecule has 2 heterocycles. The van der Waals surface area contributed by atoms with Crippen molar-refractivity contribution in [2.24, 2.45) is 5.92 Å². The molecule has 0 aromatic carbocycles. The number of thiophene rings is 1. The molecule has 3 unspecified atom stereocenters. The fraction of sp³-hybridized carbons (Fsp3) is 0.714. The number of rotatable bonds is 7. The van der Waals surface area contributed by atoms with Crippen LogP contribution in [0.15, 0.2) is 17.5 Å². The maximum absolute atomic E-state index is 9.94. The summed E-state index contributed by atoms with van der Waals surface area (Å²) < 4.78 is 5.51. The minimum absolute atomic E-state index is 0.253. The van der Waals surface area contributed by atoms with Crippen LogP contribution in [0.2, 0.25) is 0 Å². The predicted octanol–water partition coefficient (Wildman–Crippen LogP) is 1.33. The summed E-state index contributed by atoms with van der Waals surface area (Å²) in [4.78, 5) is 3.39. The first-order valence-electron chi connectivity index (χ1n) is 6.83. The van der Waals surface area contributed by atoms with Gasteiger partial charge in [-0.1, -0.05) is 6.07 Å². The van der Waals surface area contributed by atoms with E-state index in [0.717, 1.165) is 19.5 Å². The zero-order chi connectivity index (χ0) is 13.7. The molecular weight excluding hydrogens is 262 g/mol. The molecule has 4 nitrogen and oxygen atoms in total. The number of likely N-dealkylation sites (tertiary alicyclic amines) is 1. The van der Waals surface area contributed by atoms with Crippen LogP contribution in [0.5, 0.6) is 0 Å². The highest BCUT2D eigenvalue weighted by molar-refractivity contribution is 7.09. The minimum atomic E-state index is -0.451. The molecule has 0 saturated carbocycles. The van der Waals surface area contributed by atoms with Gasteiger partial charge in [0, 0.05) is 18.0 Å². The monoisotopic (exact) mass is 285 g/mol. The molecule has 0 amide bonds. The van der Waals surface area contributed by atoms with Gasteiger partial charge in [0.2, 0.25) is 0 Å². The van der Waals surface area contributed by atoms with E-state index in [9.17, 15) is 10.2 Å². The summed E-state index contributed by atoms with van der Waals surface area (Å²) >= 11 is 1.67. The Kier molecular flexibility index (Phi) is 5.78. The molecule has 1 aliphatic rings. The van der Waals surface area contributed by atoms with Crippen LogP contribution >= 0.6 is 11.3 Å². The Labute approximate surface area is 118 Å². The largest absolute Gasteiger partial charge is 0.393 e. The van der Waals surface area contributed by atoms with Gasteiger partial charge in [-0.25, -0.2) is 0 Å². The first-order chi connectivity index (χ1) is 9.15. The first kappa shape index (κ1) is 14.9. The van der Waals surface area contributed by atoms with Crippen molar-refractivity contribution in [3.63, 3.8) is 0 Å². The van der Waals surface area contributed by atoms with E-state index < -0.39 is 6.10 Å². The van der Waals surface area contributed by atoms with Crippen LogP contribution in [0.3, 0.4) is 0 Å². The highest BCUT2D eigenvalue weighted by Gasteiger charge is 2.26. The van der Waals surface area contributed by atoms with Crippen LogP contribution in [0.4, 0.5) is 0 Å². The first-order valence-corrected chi connectivity index (χ1v) is 7.71. The Balaban J connectivity index is 1.61. The smallest absolute Gasteiger partial charge is 0.0900 e. The van der Waals surface area contributed by atoms with Crippen LogP contribution < -0.4 is 0 Å². The maximum Gasteiger partial charge on any atom is 0.0900 e. The van der Waals surface area contributed by atoms with Crippen molar-refractivity contribution < 1.29 is 14.9 Å². The highest BCUT2D eigenvalue weighted by Crippen LogP contribution is 2.19. The second kappa shape index (κ2) is 7.36. The van der Waals surface area contributed by atoms with E-state index in [0.29, 0.717) is 25.7 Å². The summed E-state index contributed by atoms with van der Waals surface area (Å²) in [5, 5.41) is 21.5. The second-order valence-corrected chi connectivity index (χ2v) is 6.33. The Morgan fingerprint density at radius 1 is 1.53 bits per heavy atom. The van der Waals surface area contributed by atoms with Crippen LogP contribution in [0, 0.1) is 5.92 Å². The van der Waals surface area contributed by atoms with Gasteiger partial charge in [0.05, 0.1) is 25.4 Å². The third-order valence-corrected chi connectivity index (χ3v) is 4.44.